The molecule has 1 aliphatic heterocycles. The molecule has 0 unspecified atom stereocenters. The summed E-state index contributed by atoms with van der Waals surface area (Å²) in [6.07, 6.45) is 5.31. The highest BCUT2D eigenvalue weighted by molar-refractivity contribution is 7.13. The van der Waals surface area contributed by atoms with E-state index in [0.717, 1.165) is 43.2 Å². The minimum Gasteiger partial charge on any atom is -0.356 e. The third kappa shape index (κ3) is 4.42. The van der Waals surface area contributed by atoms with Crippen molar-refractivity contribution in [3.05, 3.63) is 53.2 Å². The van der Waals surface area contributed by atoms with Gasteiger partial charge in [-0.15, -0.1) is 11.3 Å². The summed E-state index contributed by atoms with van der Waals surface area (Å²) in [4.78, 5) is 15.9. The van der Waals surface area contributed by atoms with E-state index < -0.39 is 0 Å². The largest absolute Gasteiger partial charge is 0.356 e. The third-order valence-corrected chi connectivity index (χ3v) is 5.95. The van der Waals surface area contributed by atoms with Crippen LogP contribution >= 0.6 is 11.3 Å². The van der Waals surface area contributed by atoms with E-state index in [1.807, 2.05) is 24.4 Å². The summed E-state index contributed by atoms with van der Waals surface area (Å²) in [6.45, 7) is 3.80. The van der Waals surface area contributed by atoms with E-state index in [2.05, 4.69) is 43.0 Å². The third-order valence-electron chi connectivity index (χ3n) is 5.00. The van der Waals surface area contributed by atoms with Gasteiger partial charge in [-0.3, -0.25) is 9.98 Å². The number of pyridine rings is 1. The Labute approximate surface area is 169 Å². The number of thiazole rings is 1. The van der Waals surface area contributed by atoms with Gasteiger partial charge in [0.25, 0.3) is 0 Å². The summed E-state index contributed by atoms with van der Waals surface area (Å²) in [5.74, 6) is 0.802. The molecule has 2 N–H and O–H groups in total. The lowest BCUT2D eigenvalue weighted by atomic mass is 10.1. The van der Waals surface area contributed by atoms with Crippen molar-refractivity contribution in [2.75, 3.05) is 31.6 Å². The highest BCUT2D eigenvalue weighted by Gasteiger charge is 2.15. The molecule has 0 atom stereocenters. The Hall–Kier alpha value is -2.67. The SMILES string of the molecule is CN=C(NCCc1csc(N2CCCC2)n1)NCc1ccnc2ccccc12. The molecule has 0 spiro atoms. The second-order valence-corrected chi connectivity index (χ2v) is 7.74. The predicted molar refractivity (Wildman–Crippen MR) is 117 cm³/mol. The lowest BCUT2D eigenvalue weighted by molar-refractivity contribution is 0.787. The van der Waals surface area contributed by atoms with E-state index in [1.165, 1.54) is 28.9 Å². The highest BCUT2D eigenvalue weighted by atomic mass is 32.1. The Morgan fingerprint density at radius 1 is 1.18 bits per heavy atom. The van der Waals surface area contributed by atoms with Crippen molar-refractivity contribution >= 4 is 33.3 Å². The number of aliphatic imine (C=N–C) groups is 1. The first-order chi connectivity index (χ1) is 13.8. The van der Waals surface area contributed by atoms with Gasteiger partial charge in [0, 0.05) is 56.6 Å². The van der Waals surface area contributed by atoms with Gasteiger partial charge in [0.1, 0.15) is 0 Å². The normalized spacial score (nSPS) is 14.6. The Kier molecular flexibility index (Phi) is 6.01. The van der Waals surface area contributed by atoms with Crippen molar-refractivity contribution < 1.29 is 0 Å². The van der Waals surface area contributed by atoms with Crippen LogP contribution < -0.4 is 15.5 Å². The molecule has 1 aliphatic rings. The molecule has 0 amide bonds. The zero-order chi connectivity index (χ0) is 19.2. The molecule has 3 heterocycles. The summed E-state index contributed by atoms with van der Waals surface area (Å²) in [5, 5.41) is 11.3. The first kappa shape index (κ1) is 18.7. The van der Waals surface area contributed by atoms with Crippen molar-refractivity contribution in [1.29, 1.82) is 0 Å². The molecular formula is C21H26N6S. The number of anilines is 1. The molecule has 7 heteroatoms. The van der Waals surface area contributed by atoms with Crippen LogP contribution in [0, 0.1) is 0 Å². The van der Waals surface area contributed by atoms with Gasteiger partial charge in [0.15, 0.2) is 11.1 Å². The van der Waals surface area contributed by atoms with Crippen LogP contribution in [-0.2, 0) is 13.0 Å². The summed E-state index contributed by atoms with van der Waals surface area (Å²) >= 11 is 1.76. The lowest BCUT2D eigenvalue weighted by Crippen LogP contribution is -2.37. The summed E-state index contributed by atoms with van der Waals surface area (Å²) in [5.41, 5.74) is 3.38. The second-order valence-electron chi connectivity index (χ2n) is 6.91. The van der Waals surface area contributed by atoms with Crippen molar-refractivity contribution in [1.82, 2.24) is 20.6 Å². The van der Waals surface area contributed by atoms with Gasteiger partial charge in [-0.25, -0.2) is 4.98 Å². The van der Waals surface area contributed by atoms with E-state index in [9.17, 15) is 0 Å². The van der Waals surface area contributed by atoms with Crippen LogP contribution in [0.15, 0.2) is 46.9 Å². The number of guanidine groups is 1. The van der Waals surface area contributed by atoms with E-state index in [-0.39, 0.29) is 0 Å². The molecule has 4 rings (SSSR count). The fourth-order valence-corrected chi connectivity index (χ4v) is 4.40. The Morgan fingerprint density at radius 3 is 2.89 bits per heavy atom. The molecule has 2 aromatic heterocycles. The van der Waals surface area contributed by atoms with Crippen LogP contribution in [0.4, 0.5) is 5.13 Å². The minimum absolute atomic E-state index is 0.707. The molecule has 6 nitrogen and oxygen atoms in total. The summed E-state index contributed by atoms with van der Waals surface area (Å²) < 4.78 is 0. The fraction of sp³-hybridized carbons (Fsp3) is 0.381. The Morgan fingerprint density at radius 2 is 2.04 bits per heavy atom. The number of benzene rings is 1. The van der Waals surface area contributed by atoms with Crippen LogP contribution in [0.25, 0.3) is 10.9 Å². The number of rotatable bonds is 6. The number of nitrogens with one attached hydrogen (secondary N) is 2. The minimum atomic E-state index is 0.707. The fourth-order valence-electron chi connectivity index (χ4n) is 3.48. The van der Waals surface area contributed by atoms with Crippen LogP contribution in [0.5, 0.6) is 0 Å². The smallest absolute Gasteiger partial charge is 0.191 e. The standard InChI is InChI=1S/C21H26N6S/c1-22-20(25-14-16-8-10-23-19-7-3-2-6-18(16)19)24-11-9-17-15-28-21(26-17)27-12-4-5-13-27/h2-3,6-8,10,15H,4-5,9,11-14H2,1H3,(H2,22,24,25). The maximum absolute atomic E-state index is 4.78. The van der Waals surface area contributed by atoms with Gasteiger partial charge < -0.3 is 15.5 Å². The number of aromatic nitrogens is 2. The van der Waals surface area contributed by atoms with Crippen molar-refractivity contribution in [3.63, 3.8) is 0 Å². The topological polar surface area (TPSA) is 65.4 Å². The first-order valence-corrected chi connectivity index (χ1v) is 10.7. The number of para-hydroxylation sites is 1. The number of hydrogen-bond donors (Lipinski definition) is 2. The molecule has 0 radical (unpaired) electrons. The molecule has 0 bridgehead atoms. The van der Waals surface area contributed by atoms with Crippen molar-refractivity contribution in [2.45, 2.75) is 25.8 Å². The molecular weight excluding hydrogens is 368 g/mol. The van der Waals surface area contributed by atoms with Crippen molar-refractivity contribution in [3.8, 4) is 0 Å². The number of fused-ring (bicyclic) bond motifs is 1. The lowest BCUT2D eigenvalue weighted by Gasteiger charge is -2.13. The average Bonchev–Trinajstić information content (AvgIpc) is 3.42. The highest BCUT2D eigenvalue weighted by Crippen LogP contribution is 2.24. The van der Waals surface area contributed by atoms with Gasteiger partial charge in [-0.05, 0) is 30.5 Å². The maximum Gasteiger partial charge on any atom is 0.191 e. The zero-order valence-corrected chi connectivity index (χ0v) is 17.0. The van der Waals surface area contributed by atoms with Crippen LogP contribution in [-0.4, -0.2) is 42.6 Å². The Bertz CT molecular complexity index is 939. The van der Waals surface area contributed by atoms with E-state index in [0.29, 0.717) is 6.54 Å². The molecule has 3 aromatic rings. The van der Waals surface area contributed by atoms with Crippen LogP contribution in [0.1, 0.15) is 24.1 Å². The second kappa shape index (κ2) is 9.01. The molecule has 28 heavy (non-hydrogen) atoms. The Balaban J connectivity index is 1.28. The number of nitrogens with zero attached hydrogens (tertiary/aromatic N) is 4. The van der Waals surface area contributed by atoms with Gasteiger partial charge in [-0.1, -0.05) is 18.2 Å². The van der Waals surface area contributed by atoms with Gasteiger partial charge in [0.2, 0.25) is 0 Å². The average molecular weight is 395 g/mol. The predicted octanol–water partition coefficient (Wildman–Crippen LogP) is 3.20. The van der Waals surface area contributed by atoms with E-state index in [4.69, 9.17) is 4.98 Å². The molecule has 1 aromatic carbocycles. The molecule has 0 saturated carbocycles. The summed E-state index contributed by atoms with van der Waals surface area (Å²) in [7, 11) is 1.80. The van der Waals surface area contributed by atoms with Crippen molar-refractivity contribution in [2.24, 2.45) is 4.99 Å². The van der Waals surface area contributed by atoms with E-state index >= 15 is 0 Å². The number of hydrogen-bond acceptors (Lipinski definition) is 5. The molecule has 1 fully saturated rings. The summed E-state index contributed by atoms with van der Waals surface area (Å²) in [6, 6.07) is 10.3. The molecule has 146 valence electrons. The quantitative estimate of drug-likeness (QED) is 0.496. The van der Waals surface area contributed by atoms with Crippen LogP contribution in [0.2, 0.25) is 0 Å². The molecule has 0 aliphatic carbocycles. The first-order valence-electron chi connectivity index (χ1n) is 9.80. The monoisotopic (exact) mass is 394 g/mol. The van der Waals surface area contributed by atoms with Gasteiger partial charge in [0.05, 0.1) is 11.2 Å². The van der Waals surface area contributed by atoms with Gasteiger partial charge in [-0.2, -0.15) is 0 Å². The van der Waals surface area contributed by atoms with E-state index in [1.54, 1.807) is 18.4 Å². The maximum atomic E-state index is 4.78. The zero-order valence-electron chi connectivity index (χ0n) is 16.2. The molecule has 1 saturated heterocycles. The van der Waals surface area contributed by atoms with Gasteiger partial charge >= 0.3 is 0 Å². The van der Waals surface area contributed by atoms with Crippen LogP contribution in [0.3, 0.4) is 0 Å².